The highest BCUT2D eigenvalue weighted by Gasteiger charge is 2.30. The Labute approximate surface area is 171 Å². The molecule has 2 aromatic rings. The van der Waals surface area contributed by atoms with Crippen molar-refractivity contribution in [2.75, 3.05) is 36.0 Å². The number of benzene rings is 1. The fourth-order valence-corrected chi connectivity index (χ4v) is 4.41. The Morgan fingerprint density at radius 1 is 0.867 bits per heavy atom. The molecule has 162 valence electrons. The maximum Gasteiger partial charge on any atom is 0.416 e. The zero-order valence-corrected chi connectivity index (χ0v) is 16.6. The second-order valence-corrected chi connectivity index (χ2v) is 7.98. The molecule has 30 heavy (non-hydrogen) atoms. The van der Waals surface area contributed by atoms with Crippen molar-refractivity contribution in [3.05, 3.63) is 56.7 Å². The number of aromatic amines is 1. The number of anilines is 2. The van der Waals surface area contributed by atoms with Gasteiger partial charge in [0, 0.05) is 44.0 Å². The van der Waals surface area contributed by atoms with Crippen LogP contribution in [0.15, 0.2) is 39.9 Å². The van der Waals surface area contributed by atoms with E-state index in [0.717, 1.165) is 49.9 Å². The van der Waals surface area contributed by atoms with Gasteiger partial charge < -0.3 is 9.80 Å². The Balaban J connectivity index is 1.44. The summed E-state index contributed by atoms with van der Waals surface area (Å²) in [5, 5.41) is 0. The Morgan fingerprint density at radius 3 is 2.03 bits per heavy atom. The molecule has 0 bridgehead atoms. The third-order valence-corrected chi connectivity index (χ3v) is 6.07. The van der Waals surface area contributed by atoms with E-state index in [1.807, 2.05) is 9.80 Å². The van der Waals surface area contributed by atoms with Crippen LogP contribution in [0.3, 0.4) is 0 Å². The van der Waals surface area contributed by atoms with Crippen LogP contribution >= 0.6 is 0 Å². The van der Waals surface area contributed by atoms with Gasteiger partial charge in [-0.1, -0.05) is 19.3 Å². The van der Waals surface area contributed by atoms with E-state index in [2.05, 4.69) is 4.98 Å². The minimum atomic E-state index is -4.35. The Kier molecular flexibility index (Phi) is 5.62. The fraction of sp³-hybridized carbons (Fsp3) is 0.524. The van der Waals surface area contributed by atoms with Crippen LogP contribution in [0.2, 0.25) is 0 Å². The molecule has 0 atom stereocenters. The van der Waals surface area contributed by atoms with Gasteiger partial charge in [-0.05, 0) is 37.1 Å². The highest BCUT2D eigenvalue weighted by atomic mass is 19.4. The molecule has 0 spiro atoms. The number of piperazine rings is 1. The molecule has 1 saturated carbocycles. The van der Waals surface area contributed by atoms with Crippen LogP contribution in [0, 0.1) is 0 Å². The zero-order valence-electron chi connectivity index (χ0n) is 16.6. The zero-order chi connectivity index (χ0) is 21.3. The lowest BCUT2D eigenvalue weighted by molar-refractivity contribution is -0.137. The highest BCUT2D eigenvalue weighted by molar-refractivity contribution is 5.50. The molecule has 4 rings (SSSR count). The molecule has 1 N–H and O–H groups in total. The summed E-state index contributed by atoms with van der Waals surface area (Å²) in [5.41, 5.74) is -0.578. The molecule has 1 aromatic carbocycles. The van der Waals surface area contributed by atoms with Crippen LogP contribution in [-0.4, -0.2) is 35.7 Å². The van der Waals surface area contributed by atoms with Crippen molar-refractivity contribution in [1.29, 1.82) is 0 Å². The summed E-state index contributed by atoms with van der Waals surface area (Å²) in [6.07, 6.45) is 0.572. The lowest BCUT2D eigenvalue weighted by Crippen LogP contribution is -2.48. The summed E-state index contributed by atoms with van der Waals surface area (Å²) in [7, 11) is 0. The number of rotatable bonds is 3. The molecule has 0 amide bonds. The summed E-state index contributed by atoms with van der Waals surface area (Å²) in [6, 6.07) is 6.59. The molecule has 1 aromatic heterocycles. The van der Waals surface area contributed by atoms with Crippen molar-refractivity contribution in [3.63, 3.8) is 0 Å². The van der Waals surface area contributed by atoms with E-state index in [-0.39, 0.29) is 17.3 Å². The highest BCUT2D eigenvalue weighted by Crippen LogP contribution is 2.31. The molecule has 9 heteroatoms. The first kappa shape index (κ1) is 20.6. The molecular weight excluding hydrogens is 397 g/mol. The predicted molar refractivity (Wildman–Crippen MR) is 109 cm³/mol. The van der Waals surface area contributed by atoms with Gasteiger partial charge in [0.05, 0.1) is 5.56 Å². The second-order valence-electron chi connectivity index (χ2n) is 7.98. The smallest absolute Gasteiger partial charge is 0.368 e. The van der Waals surface area contributed by atoms with E-state index in [9.17, 15) is 22.8 Å². The summed E-state index contributed by atoms with van der Waals surface area (Å²) in [5.74, 6) is 0.504. The van der Waals surface area contributed by atoms with E-state index in [1.54, 1.807) is 0 Å². The van der Waals surface area contributed by atoms with E-state index in [4.69, 9.17) is 0 Å². The van der Waals surface area contributed by atoms with Gasteiger partial charge in [-0.2, -0.15) is 13.2 Å². The molecule has 0 radical (unpaired) electrons. The summed E-state index contributed by atoms with van der Waals surface area (Å²) < 4.78 is 39.6. The van der Waals surface area contributed by atoms with Gasteiger partial charge >= 0.3 is 11.9 Å². The number of hydrogen-bond donors (Lipinski definition) is 1. The first-order valence-electron chi connectivity index (χ1n) is 10.4. The van der Waals surface area contributed by atoms with Crippen molar-refractivity contribution in [1.82, 2.24) is 9.55 Å². The Bertz CT molecular complexity index is 952. The standard InChI is InChI=1S/C21H25F3N4O2/c22-21(23,24)15-6-8-16(9-7-15)26-10-12-27(13-11-26)18-14-19(29)28(20(30)25-18)17-4-2-1-3-5-17/h6-9,14,17H,1-5,10-13H2,(H,25,30). The lowest BCUT2D eigenvalue weighted by Gasteiger charge is -2.37. The lowest BCUT2D eigenvalue weighted by atomic mass is 9.95. The van der Waals surface area contributed by atoms with E-state index >= 15 is 0 Å². The van der Waals surface area contributed by atoms with Crippen LogP contribution in [0.4, 0.5) is 24.7 Å². The third-order valence-electron chi connectivity index (χ3n) is 6.07. The SMILES string of the molecule is O=c1cc(N2CCN(c3ccc(C(F)(F)F)cc3)CC2)[nH]c(=O)n1C1CCCCC1. The van der Waals surface area contributed by atoms with Crippen LogP contribution in [-0.2, 0) is 6.18 Å². The predicted octanol–water partition coefficient (Wildman–Crippen LogP) is 3.39. The quantitative estimate of drug-likeness (QED) is 0.824. The van der Waals surface area contributed by atoms with Gasteiger partial charge in [0.2, 0.25) is 0 Å². The second kappa shape index (κ2) is 8.20. The monoisotopic (exact) mass is 422 g/mol. The minimum absolute atomic E-state index is 0.0273. The molecule has 2 heterocycles. The van der Waals surface area contributed by atoms with Crippen molar-refractivity contribution in [3.8, 4) is 0 Å². The van der Waals surface area contributed by atoms with Crippen LogP contribution in [0.1, 0.15) is 43.7 Å². The minimum Gasteiger partial charge on any atom is -0.368 e. The first-order chi connectivity index (χ1) is 14.3. The average molecular weight is 422 g/mol. The molecule has 6 nitrogen and oxygen atoms in total. The number of nitrogens with one attached hydrogen (secondary N) is 1. The van der Waals surface area contributed by atoms with Gasteiger partial charge in [0.1, 0.15) is 5.82 Å². The van der Waals surface area contributed by atoms with Crippen molar-refractivity contribution in [2.45, 2.75) is 44.3 Å². The molecule has 1 aliphatic carbocycles. The number of H-pyrrole nitrogens is 1. The number of aromatic nitrogens is 2. The normalized spacial score (nSPS) is 18.6. The fourth-order valence-electron chi connectivity index (χ4n) is 4.41. The number of halogens is 3. The van der Waals surface area contributed by atoms with Crippen LogP contribution in [0.25, 0.3) is 0 Å². The van der Waals surface area contributed by atoms with Crippen molar-refractivity contribution >= 4 is 11.5 Å². The van der Waals surface area contributed by atoms with E-state index in [1.165, 1.54) is 22.8 Å². The van der Waals surface area contributed by atoms with Crippen LogP contribution in [0.5, 0.6) is 0 Å². The van der Waals surface area contributed by atoms with Gasteiger partial charge in [-0.15, -0.1) is 0 Å². The number of nitrogens with zero attached hydrogens (tertiary/aromatic N) is 3. The maximum absolute atomic E-state index is 12.7. The van der Waals surface area contributed by atoms with Crippen molar-refractivity contribution < 1.29 is 13.2 Å². The maximum atomic E-state index is 12.7. The van der Waals surface area contributed by atoms with Gasteiger partial charge in [-0.25, -0.2) is 4.79 Å². The average Bonchev–Trinajstić information content (AvgIpc) is 2.74. The van der Waals surface area contributed by atoms with Gasteiger partial charge in [0.15, 0.2) is 0 Å². The van der Waals surface area contributed by atoms with E-state index < -0.39 is 11.7 Å². The topological polar surface area (TPSA) is 61.3 Å². The van der Waals surface area contributed by atoms with Crippen molar-refractivity contribution in [2.24, 2.45) is 0 Å². The van der Waals surface area contributed by atoms with E-state index in [0.29, 0.717) is 32.0 Å². The van der Waals surface area contributed by atoms with Gasteiger partial charge in [-0.3, -0.25) is 14.3 Å². The molecule has 1 saturated heterocycles. The van der Waals surface area contributed by atoms with Crippen LogP contribution < -0.4 is 21.0 Å². The number of alkyl halides is 3. The largest absolute Gasteiger partial charge is 0.416 e. The summed E-state index contributed by atoms with van der Waals surface area (Å²) in [4.78, 5) is 32.0. The Morgan fingerprint density at radius 2 is 1.47 bits per heavy atom. The number of hydrogen-bond acceptors (Lipinski definition) is 4. The molecule has 1 aliphatic heterocycles. The molecule has 2 aliphatic rings. The van der Waals surface area contributed by atoms with Gasteiger partial charge in [0.25, 0.3) is 5.56 Å². The molecule has 0 unspecified atom stereocenters. The first-order valence-corrected chi connectivity index (χ1v) is 10.4. The summed E-state index contributed by atoms with van der Waals surface area (Å²) >= 11 is 0. The Hall–Kier alpha value is -2.71. The summed E-state index contributed by atoms with van der Waals surface area (Å²) in [6.45, 7) is 2.28. The third kappa shape index (κ3) is 4.24. The molecule has 2 fully saturated rings. The molecular formula is C21H25F3N4O2.